The molecule has 1 aliphatic heterocycles. The van der Waals surface area contributed by atoms with Gasteiger partial charge in [-0.1, -0.05) is 25.1 Å². The van der Waals surface area contributed by atoms with Crippen molar-refractivity contribution < 1.29 is 9.47 Å². The first kappa shape index (κ1) is 21.0. The molecule has 6 heteroatoms. The summed E-state index contributed by atoms with van der Waals surface area (Å²) in [5.41, 5.74) is 6.63. The summed E-state index contributed by atoms with van der Waals surface area (Å²) in [6.45, 7) is 6.19. The van der Waals surface area contributed by atoms with E-state index in [1.807, 2.05) is 54.8 Å². The van der Waals surface area contributed by atoms with Crippen LogP contribution in [0.25, 0.3) is 11.3 Å². The molecule has 0 spiro atoms. The normalized spacial score (nSPS) is 15.4. The topological polar surface area (TPSA) is 57.8 Å². The maximum atomic E-state index is 13.5. The summed E-state index contributed by atoms with van der Waals surface area (Å²) in [5, 5.41) is 0. The van der Waals surface area contributed by atoms with E-state index >= 15 is 0 Å². The van der Waals surface area contributed by atoms with Crippen LogP contribution < -0.4 is 20.7 Å². The van der Waals surface area contributed by atoms with Gasteiger partial charge in [-0.25, -0.2) is 9.79 Å². The lowest BCUT2D eigenvalue weighted by atomic mass is 9.91. The van der Waals surface area contributed by atoms with Crippen molar-refractivity contribution in [1.29, 1.82) is 0 Å². The van der Waals surface area contributed by atoms with Crippen molar-refractivity contribution in [2.24, 2.45) is 12.0 Å². The fourth-order valence-corrected chi connectivity index (χ4v) is 4.42. The van der Waals surface area contributed by atoms with Crippen LogP contribution in [0.3, 0.4) is 0 Å². The number of aryl methyl sites for hydroxylation is 2. The van der Waals surface area contributed by atoms with Crippen LogP contribution in [0, 0.1) is 13.8 Å². The Morgan fingerprint density at radius 2 is 1.71 bits per heavy atom. The first-order valence-corrected chi connectivity index (χ1v) is 10.6. The summed E-state index contributed by atoms with van der Waals surface area (Å²) in [4.78, 5) is 18.4. The number of nitrogens with zero attached hydrogens (tertiary/aromatic N) is 3. The highest BCUT2D eigenvalue weighted by Gasteiger charge is 2.27. The van der Waals surface area contributed by atoms with E-state index < -0.39 is 0 Å². The molecule has 1 aromatic heterocycles. The van der Waals surface area contributed by atoms with Gasteiger partial charge in [0.1, 0.15) is 5.49 Å². The van der Waals surface area contributed by atoms with E-state index in [0.717, 1.165) is 46.5 Å². The molecule has 0 unspecified atom stereocenters. The highest BCUT2D eigenvalue weighted by Crippen LogP contribution is 2.40. The van der Waals surface area contributed by atoms with Crippen molar-refractivity contribution in [3.05, 3.63) is 69.1 Å². The molecular formula is C25H29N3O3. The molecule has 0 bridgehead atoms. The molecule has 162 valence electrons. The summed E-state index contributed by atoms with van der Waals surface area (Å²) >= 11 is 0. The second-order valence-electron chi connectivity index (χ2n) is 8.08. The average molecular weight is 420 g/mol. The zero-order chi connectivity index (χ0) is 22.3. The Morgan fingerprint density at radius 1 is 1.06 bits per heavy atom. The van der Waals surface area contributed by atoms with E-state index in [2.05, 4.69) is 6.92 Å². The molecule has 6 nitrogen and oxygen atoms in total. The Hall–Kier alpha value is -3.28. The summed E-state index contributed by atoms with van der Waals surface area (Å²) in [6.07, 6.45) is 1.63. The number of para-hydroxylation sites is 1. The van der Waals surface area contributed by atoms with Crippen molar-refractivity contribution in [3.8, 4) is 22.8 Å². The lowest BCUT2D eigenvalue weighted by Gasteiger charge is -2.30. The molecule has 0 N–H and O–H groups in total. The molecule has 3 aromatic rings. The Balaban J connectivity index is 2.05. The van der Waals surface area contributed by atoms with Crippen molar-refractivity contribution in [2.75, 3.05) is 14.2 Å². The van der Waals surface area contributed by atoms with Crippen LogP contribution in [0.1, 0.15) is 36.1 Å². The Bertz CT molecular complexity index is 1260. The number of aromatic nitrogens is 2. The second kappa shape index (κ2) is 8.10. The molecule has 31 heavy (non-hydrogen) atoms. The second-order valence-corrected chi connectivity index (χ2v) is 8.08. The van der Waals surface area contributed by atoms with Gasteiger partial charge in [0, 0.05) is 24.7 Å². The number of rotatable bonds is 4. The van der Waals surface area contributed by atoms with Gasteiger partial charge in [-0.15, -0.1) is 0 Å². The lowest BCUT2D eigenvalue weighted by Crippen LogP contribution is -2.42. The molecule has 4 rings (SSSR count). The molecule has 0 aliphatic carbocycles. The van der Waals surface area contributed by atoms with Gasteiger partial charge in [-0.3, -0.25) is 9.13 Å². The van der Waals surface area contributed by atoms with E-state index in [9.17, 15) is 4.79 Å². The maximum Gasteiger partial charge on any atom is 0.330 e. The van der Waals surface area contributed by atoms with Gasteiger partial charge in [-0.05, 0) is 55.5 Å². The lowest BCUT2D eigenvalue weighted by molar-refractivity contribution is 0.353. The molecule has 2 aromatic carbocycles. The molecule has 0 fully saturated rings. The largest absolute Gasteiger partial charge is 0.493 e. The van der Waals surface area contributed by atoms with Gasteiger partial charge < -0.3 is 9.47 Å². The SMILES string of the molecule is CC[C@H]1Cc2cc(OC)c(OC)cc2-c2cc(=Nc3c(C)cccc3C)n(C)c(=O)n21. The molecule has 0 radical (unpaired) electrons. The van der Waals surface area contributed by atoms with Gasteiger partial charge >= 0.3 is 5.69 Å². The Morgan fingerprint density at radius 3 is 2.32 bits per heavy atom. The third-order valence-electron chi connectivity index (χ3n) is 6.21. The fraction of sp³-hybridized carbons (Fsp3) is 0.360. The zero-order valence-electron chi connectivity index (χ0n) is 19.0. The first-order valence-electron chi connectivity index (χ1n) is 10.6. The van der Waals surface area contributed by atoms with E-state index in [4.69, 9.17) is 14.5 Å². The third kappa shape index (κ3) is 3.46. The highest BCUT2D eigenvalue weighted by molar-refractivity contribution is 5.70. The zero-order valence-corrected chi connectivity index (χ0v) is 19.0. The van der Waals surface area contributed by atoms with Gasteiger partial charge in [0.2, 0.25) is 0 Å². The summed E-state index contributed by atoms with van der Waals surface area (Å²) in [7, 11) is 5.06. The first-order chi connectivity index (χ1) is 14.9. The van der Waals surface area contributed by atoms with Crippen molar-refractivity contribution in [1.82, 2.24) is 9.13 Å². The minimum absolute atomic E-state index is 0.0604. The smallest absolute Gasteiger partial charge is 0.330 e. The summed E-state index contributed by atoms with van der Waals surface area (Å²) in [6, 6.07) is 12.2. The average Bonchev–Trinajstić information content (AvgIpc) is 2.77. The minimum Gasteiger partial charge on any atom is -0.493 e. The van der Waals surface area contributed by atoms with Crippen LogP contribution in [0.15, 0.2) is 46.2 Å². The Labute approximate surface area is 182 Å². The number of ether oxygens (including phenoxy) is 2. The molecule has 1 aliphatic rings. The fourth-order valence-electron chi connectivity index (χ4n) is 4.42. The van der Waals surface area contributed by atoms with Crippen molar-refractivity contribution in [3.63, 3.8) is 0 Å². The van der Waals surface area contributed by atoms with Crippen molar-refractivity contribution >= 4 is 5.69 Å². The number of hydrogen-bond donors (Lipinski definition) is 0. The quantitative estimate of drug-likeness (QED) is 0.636. The van der Waals surface area contributed by atoms with E-state index in [-0.39, 0.29) is 11.7 Å². The number of benzene rings is 2. The summed E-state index contributed by atoms with van der Waals surface area (Å²) in [5.74, 6) is 1.35. The number of hydrogen-bond acceptors (Lipinski definition) is 4. The van der Waals surface area contributed by atoms with Gasteiger partial charge in [0.15, 0.2) is 11.5 Å². The van der Waals surface area contributed by atoms with Gasteiger partial charge in [0.25, 0.3) is 0 Å². The Kier molecular flexibility index (Phi) is 5.48. The predicted octanol–water partition coefficient (Wildman–Crippen LogP) is 4.23. The predicted molar refractivity (Wildman–Crippen MR) is 122 cm³/mol. The van der Waals surface area contributed by atoms with E-state index in [1.165, 1.54) is 0 Å². The van der Waals surface area contributed by atoms with Crippen LogP contribution >= 0.6 is 0 Å². The van der Waals surface area contributed by atoms with Crippen LogP contribution in [0.2, 0.25) is 0 Å². The number of methoxy groups -OCH3 is 2. The maximum absolute atomic E-state index is 13.5. The minimum atomic E-state index is -0.0604. The molecule has 0 saturated heterocycles. The molecule has 0 saturated carbocycles. The van der Waals surface area contributed by atoms with Crippen molar-refractivity contribution in [2.45, 2.75) is 39.7 Å². The standard InChI is InChI=1S/C25H29N3O3/c1-7-18-11-17-12-21(30-5)22(31-6)13-19(17)20-14-23(27(4)25(29)28(18)20)26-24-15(2)9-8-10-16(24)3/h8-10,12-14,18H,7,11H2,1-6H3/t18-/m0/s1. The molecule has 2 heterocycles. The van der Waals surface area contributed by atoms with Gasteiger partial charge in [0.05, 0.1) is 25.6 Å². The van der Waals surface area contributed by atoms with Crippen LogP contribution in [0.5, 0.6) is 11.5 Å². The van der Waals surface area contributed by atoms with Crippen LogP contribution in [-0.4, -0.2) is 23.4 Å². The monoisotopic (exact) mass is 419 g/mol. The molecule has 0 amide bonds. The van der Waals surface area contributed by atoms with E-state index in [0.29, 0.717) is 17.0 Å². The van der Waals surface area contributed by atoms with Crippen LogP contribution in [0.4, 0.5) is 5.69 Å². The summed E-state index contributed by atoms with van der Waals surface area (Å²) < 4.78 is 14.6. The number of fused-ring (bicyclic) bond motifs is 3. The molecule has 1 atom stereocenters. The van der Waals surface area contributed by atoms with E-state index in [1.54, 1.807) is 25.8 Å². The third-order valence-corrected chi connectivity index (χ3v) is 6.21. The molecular weight excluding hydrogens is 390 g/mol. The van der Waals surface area contributed by atoms with Gasteiger partial charge in [-0.2, -0.15) is 0 Å². The van der Waals surface area contributed by atoms with Crippen LogP contribution in [-0.2, 0) is 13.5 Å². The highest BCUT2D eigenvalue weighted by atomic mass is 16.5.